The highest BCUT2D eigenvalue weighted by Crippen LogP contribution is 2.14. The number of carbonyl (C=O) groups excluding carboxylic acids is 1. The first-order valence-electron chi connectivity index (χ1n) is 4.96. The van der Waals surface area contributed by atoms with E-state index in [-0.39, 0.29) is 6.42 Å². The summed E-state index contributed by atoms with van der Waals surface area (Å²) in [4.78, 5) is 25.0. The number of hydrogen-bond donors (Lipinski definition) is 1. The zero-order chi connectivity index (χ0) is 14.3. The molecule has 0 aliphatic heterocycles. The second-order valence-corrected chi connectivity index (χ2v) is 4.27. The molecule has 0 saturated carbocycles. The highest BCUT2D eigenvalue weighted by Gasteiger charge is 2.36. The molecule has 0 saturated heterocycles. The van der Waals surface area contributed by atoms with Crippen molar-refractivity contribution in [3.63, 3.8) is 0 Å². The van der Waals surface area contributed by atoms with Crippen molar-refractivity contribution in [2.75, 3.05) is 0 Å². The van der Waals surface area contributed by atoms with E-state index in [9.17, 15) is 9.59 Å². The quantitative estimate of drug-likeness (QED) is 0.271. The van der Waals surface area contributed by atoms with Crippen LogP contribution in [0.4, 0.5) is 4.79 Å². The van der Waals surface area contributed by atoms with Gasteiger partial charge in [-0.3, -0.25) is 0 Å². The van der Waals surface area contributed by atoms with Crippen molar-refractivity contribution >= 4 is 12.1 Å². The smallest absolute Gasteiger partial charge is 0.478 e. The second-order valence-electron chi connectivity index (χ2n) is 4.27. The minimum Gasteiger partial charge on any atom is -0.478 e. The van der Waals surface area contributed by atoms with Crippen LogP contribution in [0.15, 0.2) is 5.22 Å². The standard InChI is InChI=1S/C10H14N4O4/c1-5-6-7(8(15)16)14(13-12-11)9(17)18-10(2,3)4/h1,7H,6H2,2-4H3,(H,15,16)/t7-/m0/s1. The molecular formula is C10H14N4O4. The molecule has 0 aromatic heterocycles. The molecule has 0 aromatic carbocycles. The van der Waals surface area contributed by atoms with Gasteiger partial charge in [-0.1, -0.05) is 0 Å². The third kappa shape index (κ3) is 5.09. The first kappa shape index (κ1) is 15.6. The van der Waals surface area contributed by atoms with Gasteiger partial charge in [0, 0.05) is 0 Å². The Labute approximate surface area is 104 Å². The third-order valence-electron chi connectivity index (χ3n) is 1.61. The molecule has 0 aliphatic carbocycles. The number of aliphatic carboxylic acids is 1. The number of carboxylic acids is 1. The molecule has 18 heavy (non-hydrogen) atoms. The van der Waals surface area contributed by atoms with Crippen LogP contribution in [0.1, 0.15) is 27.2 Å². The minimum atomic E-state index is -1.46. The van der Waals surface area contributed by atoms with Crippen molar-refractivity contribution in [3.8, 4) is 12.3 Å². The molecule has 0 unspecified atom stereocenters. The maximum Gasteiger partial charge on any atom is 0.511 e. The molecule has 0 aliphatic rings. The molecule has 0 heterocycles. The van der Waals surface area contributed by atoms with Gasteiger partial charge in [-0.05, 0) is 26.0 Å². The molecule has 1 atom stereocenters. The number of rotatable bonds is 4. The van der Waals surface area contributed by atoms with Crippen LogP contribution >= 0.6 is 0 Å². The predicted molar refractivity (Wildman–Crippen MR) is 62.1 cm³/mol. The molecule has 0 spiro atoms. The monoisotopic (exact) mass is 254 g/mol. The van der Waals surface area contributed by atoms with Crippen LogP contribution in [0.3, 0.4) is 0 Å². The molecule has 0 rings (SSSR count). The summed E-state index contributed by atoms with van der Waals surface area (Å²) in [5.74, 6) is 0.709. The number of ether oxygens (including phenoxy) is 1. The molecule has 1 amide bonds. The van der Waals surface area contributed by atoms with Gasteiger partial charge in [0.1, 0.15) is 5.60 Å². The Hall–Kier alpha value is -2.39. The number of nitrogens with zero attached hydrogens (tertiary/aromatic N) is 4. The summed E-state index contributed by atoms with van der Waals surface area (Å²) in [7, 11) is 0. The van der Waals surface area contributed by atoms with E-state index in [2.05, 4.69) is 16.1 Å². The van der Waals surface area contributed by atoms with Gasteiger partial charge in [-0.15, -0.1) is 22.9 Å². The van der Waals surface area contributed by atoms with Gasteiger partial charge in [-0.2, -0.15) is 9.71 Å². The van der Waals surface area contributed by atoms with Crippen LogP contribution in [0.5, 0.6) is 0 Å². The van der Waals surface area contributed by atoms with E-state index in [4.69, 9.17) is 21.8 Å². The van der Waals surface area contributed by atoms with Crippen molar-refractivity contribution in [2.45, 2.75) is 38.8 Å². The van der Waals surface area contributed by atoms with Crippen LogP contribution in [-0.4, -0.2) is 33.8 Å². The van der Waals surface area contributed by atoms with Crippen molar-refractivity contribution in [2.24, 2.45) is 5.22 Å². The SMILES string of the molecule is C#CC[C@@H](C(=O)O)N(N=[N+]=[N-])C(=O)OC(C)(C)C. The number of hydrogen-bond acceptors (Lipinski definition) is 4. The lowest BCUT2D eigenvalue weighted by molar-refractivity contribution is -0.143. The number of terminal acetylenes is 1. The summed E-state index contributed by atoms with van der Waals surface area (Å²) < 4.78 is 4.92. The lowest BCUT2D eigenvalue weighted by atomic mass is 10.2. The lowest BCUT2D eigenvalue weighted by Gasteiger charge is -2.23. The summed E-state index contributed by atoms with van der Waals surface area (Å²) in [5.41, 5.74) is 7.50. The van der Waals surface area contributed by atoms with E-state index in [0.29, 0.717) is 5.01 Å². The fourth-order valence-electron chi connectivity index (χ4n) is 0.968. The molecule has 8 nitrogen and oxygen atoms in total. The van der Waals surface area contributed by atoms with Crippen molar-refractivity contribution in [1.29, 1.82) is 0 Å². The van der Waals surface area contributed by atoms with Gasteiger partial charge in [0.2, 0.25) is 6.04 Å². The summed E-state index contributed by atoms with van der Waals surface area (Å²) >= 11 is 0. The van der Waals surface area contributed by atoms with E-state index in [0.717, 1.165) is 0 Å². The minimum absolute atomic E-state index is 0.298. The fourth-order valence-corrected chi connectivity index (χ4v) is 0.968. The van der Waals surface area contributed by atoms with Crippen LogP contribution < -0.4 is 0 Å². The van der Waals surface area contributed by atoms with Crippen molar-refractivity contribution in [1.82, 2.24) is 5.01 Å². The largest absolute Gasteiger partial charge is 0.511 e. The zero-order valence-electron chi connectivity index (χ0n) is 10.3. The molecular weight excluding hydrogens is 240 g/mol. The maximum atomic E-state index is 11.7. The van der Waals surface area contributed by atoms with Gasteiger partial charge in [0.25, 0.3) is 0 Å². The zero-order valence-corrected chi connectivity index (χ0v) is 10.3. The number of carboxylic acid groups (broad SMARTS) is 1. The molecule has 1 N–H and O–H groups in total. The first-order valence-corrected chi connectivity index (χ1v) is 4.96. The summed E-state index contributed by atoms with van der Waals surface area (Å²) in [6, 6.07) is -1.46. The van der Waals surface area contributed by atoms with Gasteiger partial charge < -0.3 is 9.84 Å². The van der Waals surface area contributed by atoms with E-state index in [1.807, 2.05) is 0 Å². The fraction of sp³-hybridized carbons (Fsp3) is 0.600. The van der Waals surface area contributed by atoms with Gasteiger partial charge in [-0.25, -0.2) is 4.79 Å². The van der Waals surface area contributed by atoms with Crippen LogP contribution in [0.2, 0.25) is 0 Å². The number of amides is 1. The van der Waals surface area contributed by atoms with Crippen LogP contribution in [-0.2, 0) is 9.53 Å². The molecule has 0 bridgehead atoms. The Morgan fingerprint density at radius 1 is 1.61 bits per heavy atom. The average Bonchev–Trinajstić information content (AvgIpc) is 2.20. The average molecular weight is 254 g/mol. The number of azide groups is 1. The molecule has 0 fully saturated rings. The van der Waals surface area contributed by atoms with Crippen LogP contribution in [0.25, 0.3) is 10.4 Å². The molecule has 98 valence electrons. The summed E-state index contributed by atoms with van der Waals surface area (Å²) in [6.07, 6.45) is 3.64. The number of carbonyl (C=O) groups is 2. The third-order valence-corrected chi connectivity index (χ3v) is 1.61. The topological polar surface area (TPSA) is 116 Å². The second kappa shape index (κ2) is 6.37. The summed E-state index contributed by atoms with van der Waals surface area (Å²) in [6.45, 7) is 4.78. The first-order chi connectivity index (χ1) is 8.22. The van der Waals surface area contributed by atoms with Crippen LogP contribution in [0, 0.1) is 12.3 Å². The van der Waals surface area contributed by atoms with Crippen molar-refractivity contribution in [3.05, 3.63) is 10.4 Å². The van der Waals surface area contributed by atoms with Gasteiger partial charge in [0.15, 0.2) is 0 Å². The normalized spacial score (nSPS) is 11.7. The Bertz CT molecular complexity index is 415. The molecule has 0 radical (unpaired) electrons. The highest BCUT2D eigenvalue weighted by atomic mass is 16.6. The predicted octanol–water partition coefficient (Wildman–Crippen LogP) is 1.93. The highest BCUT2D eigenvalue weighted by molar-refractivity contribution is 5.80. The molecule has 8 heteroatoms. The van der Waals surface area contributed by atoms with Gasteiger partial charge in [0.05, 0.1) is 6.42 Å². The Morgan fingerprint density at radius 3 is 2.50 bits per heavy atom. The lowest BCUT2D eigenvalue weighted by Crippen LogP contribution is -2.43. The maximum absolute atomic E-state index is 11.7. The van der Waals surface area contributed by atoms with E-state index < -0.39 is 23.7 Å². The van der Waals surface area contributed by atoms with E-state index in [1.165, 1.54) is 0 Å². The van der Waals surface area contributed by atoms with Crippen molar-refractivity contribution < 1.29 is 19.4 Å². The Balaban J connectivity index is 5.17. The van der Waals surface area contributed by atoms with Gasteiger partial charge >= 0.3 is 12.1 Å². The van der Waals surface area contributed by atoms with E-state index in [1.54, 1.807) is 20.8 Å². The van der Waals surface area contributed by atoms with E-state index >= 15 is 0 Å². The Kier molecular flexibility index (Phi) is 5.53. The Morgan fingerprint density at radius 2 is 2.17 bits per heavy atom. The summed E-state index contributed by atoms with van der Waals surface area (Å²) in [5, 5.41) is 12.3. The molecule has 0 aromatic rings.